The summed E-state index contributed by atoms with van der Waals surface area (Å²) in [6, 6.07) is 8.38. The van der Waals surface area contributed by atoms with E-state index in [0.29, 0.717) is 13.2 Å². The largest absolute Gasteiger partial charge is 0.383 e. The topological polar surface area (TPSA) is 46.6 Å². The Morgan fingerprint density at radius 1 is 1.29 bits per heavy atom. The van der Waals surface area contributed by atoms with Crippen LogP contribution < -0.4 is 0 Å². The second-order valence-electron chi connectivity index (χ2n) is 4.39. The molecule has 0 N–H and O–H groups in total. The maximum absolute atomic E-state index is 12.8. The van der Waals surface area contributed by atoms with Gasteiger partial charge in [-0.2, -0.15) is 15.6 Å². The minimum absolute atomic E-state index is 0.123. The summed E-state index contributed by atoms with van der Waals surface area (Å²) in [6.07, 6.45) is 0. The van der Waals surface area contributed by atoms with Crippen LogP contribution in [-0.2, 0) is 21.3 Å². The SMILES string of the molecule is COCCN(Cc1ccsc1)S(=O)(=O)c1ccccc1Cl. The van der Waals surface area contributed by atoms with Crippen molar-refractivity contribution in [3.8, 4) is 0 Å². The summed E-state index contributed by atoms with van der Waals surface area (Å²) >= 11 is 7.57. The van der Waals surface area contributed by atoms with Crippen molar-refractivity contribution < 1.29 is 13.2 Å². The predicted octanol–water partition coefficient (Wildman–Crippen LogP) is 3.24. The molecule has 0 atom stereocenters. The zero-order valence-corrected chi connectivity index (χ0v) is 13.9. The van der Waals surface area contributed by atoms with Gasteiger partial charge >= 0.3 is 0 Å². The van der Waals surface area contributed by atoms with Crippen molar-refractivity contribution in [2.24, 2.45) is 0 Å². The van der Waals surface area contributed by atoms with E-state index in [1.54, 1.807) is 25.3 Å². The molecule has 2 aromatic rings. The van der Waals surface area contributed by atoms with Crippen molar-refractivity contribution in [3.63, 3.8) is 0 Å². The Kier molecular flexibility index (Phi) is 5.78. The van der Waals surface area contributed by atoms with Gasteiger partial charge in [-0.1, -0.05) is 23.7 Å². The minimum atomic E-state index is -3.65. The van der Waals surface area contributed by atoms with Gasteiger partial charge in [0.1, 0.15) is 4.90 Å². The van der Waals surface area contributed by atoms with E-state index in [1.807, 2.05) is 16.8 Å². The summed E-state index contributed by atoms with van der Waals surface area (Å²) in [5.41, 5.74) is 0.951. The van der Waals surface area contributed by atoms with E-state index >= 15 is 0 Å². The van der Waals surface area contributed by atoms with Crippen LogP contribution in [0.3, 0.4) is 0 Å². The van der Waals surface area contributed by atoms with E-state index in [9.17, 15) is 8.42 Å². The third-order valence-electron chi connectivity index (χ3n) is 2.94. The van der Waals surface area contributed by atoms with Gasteiger partial charge in [-0.15, -0.1) is 0 Å². The zero-order valence-electron chi connectivity index (χ0n) is 11.5. The van der Waals surface area contributed by atoms with Crippen LogP contribution in [0, 0.1) is 0 Å². The lowest BCUT2D eigenvalue weighted by Crippen LogP contribution is -2.33. The second-order valence-corrected chi connectivity index (χ2v) is 7.49. The van der Waals surface area contributed by atoms with Gasteiger partial charge in [0, 0.05) is 20.2 Å². The summed E-state index contributed by atoms with van der Waals surface area (Å²) in [6.45, 7) is 0.911. The molecule has 0 amide bonds. The number of hydrogen-bond donors (Lipinski definition) is 0. The first kappa shape index (κ1) is 16.5. The van der Waals surface area contributed by atoms with E-state index in [0.717, 1.165) is 5.56 Å². The number of hydrogen-bond acceptors (Lipinski definition) is 4. The average Bonchev–Trinajstić information content (AvgIpc) is 2.96. The van der Waals surface area contributed by atoms with Crippen molar-refractivity contribution in [2.75, 3.05) is 20.3 Å². The summed E-state index contributed by atoms with van der Waals surface area (Å²) in [5.74, 6) is 0. The number of nitrogens with zero attached hydrogens (tertiary/aromatic N) is 1. The molecule has 0 saturated heterocycles. The lowest BCUT2D eigenvalue weighted by molar-refractivity contribution is 0.177. The molecular formula is C14H16ClNO3S2. The fraction of sp³-hybridized carbons (Fsp3) is 0.286. The van der Waals surface area contributed by atoms with Gasteiger partial charge < -0.3 is 4.74 Å². The summed E-state index contributed by atoms with van der Waals surface area (Å²) in [5, 5.41) is 4.08. The van der Waals surface area contributed by atoms with Crippen molar-refractivity contribution in [2.45, 2.75) is 11.4 Å². The molecule has 0 unspecified atom stereocenters. The standard InChI is InChI=1S/C14H16ClNO3S2/c1-19-8-7-16(10-12-6-9-20-11-12)21(17,18)14-5-3-2-4-13(14)15/h2-6,9,11H,7-8,10H2,1H3. The fourth-order valence-corrected chi connectivity index (χ4v) is 4.42. The zero-order chi connectivity index (χ0) is 15.3. The molecule has 4 nitrogen and oxygen atoms in total. The van der Waals surface area contributed by atoms with Gasteiger partial charge in [0.05, 0.1) is 11.6 Å². The molecule has 0 aliphatic carbocycles. The average molecular weight is 346 g/mol. The van der Waals surface area contributed by atoms with Crippen molar-refractivity contribution in [1.82, 2.24) is 4.31 Å². The quantitative estimate of drug-likeness (QED) is 0.774. The molecule has 1 heterocycles. The smallest absolute Gasteiger partial charge is 0.244 e. The van der Waals surface area contributed by atoms with Gasteiger partial charge in [0.25, 0.3) is 0 Å². The van der Waals surface area contributed by atoms with Gasteiger partial charge in [0.2, 0.25) is 10.0 Å². The molecule has 1 aromatic carbocycles. The van der Waals surface area contributed by atoms with Crippen LogP contribution in [0.2, 0.25) is 5.02 Å². The lowest BCUT2D eigenvalue weighted by atomic mass is 10.3. The van der Waals surface area contributed by atoms with E-state index in [-0.39, 0.29) is 16.5 Å². The molecule has 21 heavy (non-hydrogen) atoms. The second kappa shape index (κ2) is 7.38. The first-order valence-electron chi connectivity index (χ1n) is 6.30. The number of benzene rings is 1. The van der Waals surface area contributed by atoms with Crippen LogP contribution in [-0.4, -0.2) is 33.0 Å². The molecule has 114 valence electrons. The molecule has 0 radical (unpaired) electrons. The van der Waals surface area contributed by atoms with Crippen LogP contribution in [0.4, 0.5) is 0 Å². The maximum Gasteiger partial charge on any atom is 0.244 e. The van der Waals surface area contributed by atoms with Gasteiger partial charge in [-0.25, -0.2) is 8.42 Å². The Morgan fingerprint density at radius 2 is 2.05 bits per heavy atom. The van der Waals surface area contributed by atoms with E-state index in [1.165, 1.54) is 21.7 Å². The van der Waals surface area contributed by atoms with Crippen LogP contribution in [0.1, 0.15) is 5.56 Å². The Hall–Kier alpha value is -0.920. The Balaban J connectivity index is 2.32. The highest BCUT2D eigenvalue weighted by molar-refractivity contribution is 7.89. The molecule has 7 heteroatoms. The third kappa shape index (κ3) is 4.05. The van der Waals surface area contributed by atoms with E-state index in [2.05, 4.69) is 0 Å². The molecular weight excluding hydrogens is 330 g/mol. The molecule has 0 bridgehead atoms. The highest BCUT2D eigenvalue weighted by Gasteiger charge is 2.26. The van der Waals surface area contributed by atoms with Crippen LogP contribution >= 0.6 is 22.9 Å². The molecule has 0 fully saturated rings. The number of halogens is 1. The van der Waals surface area contributed by atoms with Gasteiger partial charge in [0.15, 0.2) is 0 Å². The van der Waals surface area contributed by atoms with Crippen molar-refractivity contribution >= 4 is 33.0 Å². The summed E-state index contributed by atoms with van der Waals surface area (Å²) in [7, 11) is -2.11. The monoisotopic (exact) mass is 345 g/mol. The molecule has 0 aliphatic rings. The van der Waals surface area contributed by atoms with Crippen molar-refractivity contribution in [1.29, 1.82) is 0 Å². The number of rotatable bonds is 7. The number of methoxy groups -OCH3 is 1. The highest BCUT2D eigenvalue weighted by Crippen LogP contribution is 2.25. The molecule has 2 rings (SSSR count). The van der Waals surface area contributed by atoms with Crippen LogP contribution in [0.15, 0.2) is 46.0 Å². The van der Waals surface area contributed by atoms with Gasteiger partial charge in [-0.05, 0) is 34.5 Å². The Morgan fingerprint density at radius 3 is 2.67 bits per heavy atom. The van der Waals surface area contributed by atoms with E-state index in [4.69, 9.17) is 16.3 Å². The molecule has 0 aliphatic heterocycles. The minimum Gasteiger partial charge on any atom is -0.383 e. The Labute approximate surface area is 134 Å². The third-order valence-corrected chi connectivity index (χ3v) is 6.02. The van der Waals surface area contributed by atoms with Crippen LogP contribution in [0.5, 0.6) is 0 Å². The molecule has 0 spiro atoms. The normalized spacial score (nSPS) is 12.0. The first-order valence-corrected chi connectivity index (χ1v) is 9.06. The fourth-order valence-electron chi connectivity index (χ4n) is 1.86. The highest BCUT2D eigenvalue weighted by atomic mass is 35.5. The molecule has 0 saturated carbocycles. The number of thiophene rings is 1. The van der Waals surface area contributed by atoms with Gasteiger partial charge in [-0.3, -0.25) is 0 Å². The molecule has 1 aromatic heterocycles. The first-order chi connectivity index (χ1) is 10.1. The number of sulfonamides is 1. The van der Waals surface area contributed by atoms with Crippen molar-refractivity contribution in [3.05, 3.63) is 51.7 Å². The Bertz CT molecular complexity index is 671. The van der Waals surface area contributed by atoms with E-state index < -0.39 is 10.0 Å². The maximum atomic E-state index is 12.8. The predicted molar refractivity (Wildman–Crippen MR) is 85.2 cm³/mol. The lowest BCUT2D eigenvalue weighted by Gasteiger charge is -2.22. The number of ether oxygens (including phenoxy) is 1. The summed E-state index contributed by atoms with van der Waals surface area (Å²) in [4.78, 5) is 0.123. The summed E-state index contributed by atoms with van der Waals surface area (Å²) < 4.78 is 32.0. The van der Waals surface area contributed by atoms with Crippen LogP contribution in [0.25, 0.3) is 0 Å².